The average Bonchev–Trinajstić information content (AvgIpc) is 2.90. The lowest BCUT2D eigenvalue weighted by atomic mass is 10.1. The fourth-order valence-electron chi connectivity index (χ4n) is 2.21. The normalized spacial score (nSPS) is 10.9. The van der Waals surface area contributed by atoms with Crippen molar-refractivity contribution in [1.29, 1.82) is 0 Å². The lowest BCUT2D eigenvalue weighted by Gasteiger charge is -2.05. The van der Waals surface area contributed by atoms with Gasteiger partial charge in [-0.25, -0.2) is 0 Å². The van der Waals surface area contributed by atoms with Crippen LogP contribution in [0.25, 0.3) is 11.0 Å². The van der Waals surface area contributed by atoms with E-state index in [9.17, 15) is 9.90 Å². The van der Waals surface area contributed by atoms with Gasteiger partial charge in [-0.05, 0) is 29.8 Å². The van der Waals surface area contributed by atoms with E-state index in [1.807, 2.05) is 0 Å². The Morgan fingerprint density at radius 1 is 1.13 bits per heavy atom. The fourth-order valence-corrected chi connectivity index (χ4v) is 2.53. The van der Waals surface area contributed by atoms with Crippen LogP contribution in [-0.4, -0.2) is 11.1 Å². The van der Waals surface area contributed by atoms with E-state index in [0.717, 1.165) is 10.9 Å². The molecule has 0 amide bonds. The van der Waals surface area contributed by atoms with Crippen molar-refractivity contribution in [3.8, 4) is 5.75 Å². The van der Waals surface area contributed by atoms with Gasteiger partial charge in [0, 0.05) is 17.0 Å². The van der Waals surface area contributed by atoms with Gasteiger partial charge in [0.2, 0.25) is 0 Å². The number of furan rings is 1. The van der Waals surface area contributed by atoms with Crippen LogP contribution >= 0.6 is 23.2 Å². The van der Waals surface area contributed by atoms with E-state index in [4.69, 9.17) is 32.4 Å². The molecule has 0 atom stereocenters. The van der Waals surface area contributed by atoms with Gasteiger partial charge in [0.15, 0.2) is 0 Å². The Bertz CT molecular complexity index is 870. The summed E-state index contributed by atoms with van der Waals surface area (Å²) in [5, 5.41) is 11.0. The minimum absolute atomic E-state index is 0.0824. The molecule has 1 heterocycles. The number of carbonyl (C=O) groups is 1. The Kier molecular flexibility index (Phi) is 4.46. The van der Waals surface area contributed by atoms with Gasteiger partial charge >= 0.3 is 5.97 Å². The molecule has 2 aromatic carbocycles. The Hall–Kier alpha value is -2.17. The molecule has 0 saturated heterocycles. The first-order valence-electron chi connectivity index (χ1n) is 6.81. The maximum Gasteiger partial charge on any atom is 0.310 e. The van der Waals surface area contributed by atoms with Gasteiger partial charge in [0.25, 0.3) is 0 Å². The predicted octanol–water partition coefficient (Wildman–Crippen LogP) is 4.73. The Balaban J connectivity index is 1.65. The van der Waals surface area contributed by atoms with Crippen molar-refractivity contribution in [2.45, 2.75) is 13.0 Å². The molecule has 4 nitrogen and oxygen atoms in total. The maximum absolute atomic E-state index is 12.0. The molecule has 118 valence electrons. The summed E-state index contributed by atoms with van der Waals surface area (Å²) >= 11 is 11.8. The van der Waals surface area contributed by atoms with Crippen molar-refractivity contribution >= 4 is 40.1 Å². The van der Waals surface area contributed by atoms with Crippen molar-refractivity contribution in [1.82, 2.24) is 0 Å². The van der Waals surface area contributed by atoms with Gasteiger partial charge in [-0.1, -0.05) is 29.3 Å². The number of hydrogen-bond donors (Lipinski definition) is 1. The Labute approximate surface area is 142 Å². The maximum atomic E-state index is 12.0. The van der Waals surface area contributed by atoms with Crippen molar-refractivity contribution in [3.05, 3.63) is 63.8 Å². The summed E-state index contributed by atoms with van der Waals surface area (Å²) in [7, 11) is 0. The van der Waals surface area contributed by atoms with Gasteiger partial charge in [-0.15, -0.1) is 0 Å². The van der Waals surface area contributed by atoms with Crippen molar-refractivity contribution in [2.24, 2.45) is 0 Å². The second-order valence-corrected chi connectivity index (χ2v) is 5.84. The molecule has 0 bridgehead atoms. The summed E-state index contributed by atoms with van der Waals surface area (Å²) in [4.78, 5) is 12.0. The smallest absolute Gasteiger partial charge is 0.310 e. The molecule has 0 aliphatic heterocycles. The van der Waals surface area contributed by atoms with Crippen LogP contribution in [0.2, 0.25) is 10.0 Å². The van der Waals surface area contributed by atoms with Gasteiger partial charge in [-0.3, -0.25) is 4.79 Å². The molecule has 1 aromatic heterocycles. The number of benzene rings is 2. The van der Waals surface area contributed by atoms with Crippen LogP contribution in [0, 0.1) is 0 Å². The predicted molar refractivity (Wildman–Crippen MR) is 87.8 cm³/mol. The molecule has 23 heavy (non-hydrogen) atoms. The minimum Gasteiger partial charge on any atom is -0.508 e. The molecular formula is C17H12Cl2O4. The molecule has 3 aromatic rings. The summed E-state index contributed by atoms with van der Waals surface area (Å²) in [5.74, 6) is -0.271. The first kappa shape index (κ1) is 15.7. The van der Waals surface area contributed by atoms with Crippen LogP contribution in [0.4, 0.5) is 0 Å². The van der Waals surface area contributed by atoms with Gasteiger partial charge in [0.1, 0.15) is 17.9 Å². The molecule has 0 aliphatic rings. The highest BCUT2D eigenvalue weighted by Gasteiger charge is 2.12. The standard InChI is InChI=1S/C17H12Cl2O4/c18-14-4-1-10(5-15(14)19)8-23-17(21)6-11-9-22-16-7-12(20)2-3-13(11)16/h1-5,7,9,20H,6,8H2. The molecule has 1 N–H and O–H groups in total. The van der Waals surface area contributed by atoms with Crippen molar-refractivity contribution in [3.63, 3.8) is 0 Å². The lowest BCUT2D eigenvalue weighted by molar-refractivity contribution is -0.144. The first-order valence-corrected chi connectivity index (χ1v) is 7.57. The highest BCUT2D eigenvalue weighted by molar-refractivity contribution is 6.42. The largest absolute Gasteiger partial charge is 0.508 e. The van der Waals surface area contributed by atoms with Gasteiger partial charge in [-0.2, -0.15) is 0 Å². The Morgan fingerprint density at radius 3 is 2.74 bits per heavy atom. The number of phenolic OH excluding ortho intramolecular Hbond substituents is 1. The quantitative estimate of drug-likeness (QED) is 0.691. The number of ether oxygens (including phenoxy) is 1. The molecule has 0 radical (unpaired) electrons. The summed E-state index contributed by atoms with van der Waals surface area (Å²) in [6.07, 6.45) is 1.57. The van der Waals surface area contributed by atoms with E-state index in [1.165, 1.54) is 12.3 Å². The Morgan fingerprint density at radius 2 is 1.96 bits per heavy atom. The topological polar surface area (TPSA) is 59.7 Å². The van der Waals surface area contributed by atoms with E-state index in [1.54, 1.807) is 30.3 Å². The number of hydrogen-bond acceptors (Lipinski definition) is 4. The third-order valence-corrected chi connectivity index (χ3v) is 4.10. The van der Waals surface area contributed by atoms with Crippen LogP contribution in [-0.2, 0) is 22.6 Å². The zero-order valence-corrected chi connectivity index (χ0v) is 13.4. The fraction of sp³-hybridized carbons (Fsp3) is 0.118. The molecule has 0 spiro atoms. The molecule has 0 fully saturated rings. The van der Waals surface area contributed by atoms with E-state index in [2.05, 4.69) is 0 Å². The van der Waals surface area contributed by atoms with Crippen molar-refractivity contribution in [2.75, 3.05) is 0 Å². The van der Waals surface area contributed by atoms with Crippen molar-refractivity contribution < 1.29 is 19.1 Å². The number of fused-ring (bicyclic) bond motifs is 1. The van der Waals surface area contributed by atoms with Crippen LogP contribution in [0.15, 0.2) is 47.1 Å². The van der Waals surface area contributed by atoms with Crippen LogP contribution in [0.3, 0.4) is 0 Å². The summed E-state index contributed by atoms with van der Waals surface area (Å²) in [6.45, 7) is 0.117. The van der Waals surface area contributed by atoms with Crippen LogP contribution < -0.4 is 0 Å². The minimum atomic E-state index is -0.383. The van der Waals surface area contributed by atoms with E-state index >= 15 is 0 Å². The second kappa shape index (κ2) is 6.52. The molecule has 0 aliphatic carbocycles. The van der Waals surface area contributed by atoms with Crippen LogP contribution in [0.1, 0.15) is 11.1 Å². The summed E-state index contributed by atoms with van der Waals surface area (Å²) in [6, 6.07) is 9.81. The van der Waals surface area contributed by atoms with E-state index in [0.29, 0.717) is 21.2 Å². The highest BCUT2D eigenvalue weighted by atomic mass is 35.5. The lowest BCUT2D eigenvalue weighted by Crippen LogP contribution is -2.07. The zero-order chi connectivity index (χ0) is 16.4. The number of phenols is 1. The average molecular weight is 351 g/mol. The molecule has 3 rings (SSSR count). The molecule has 0 saturated carbocycles. The molecule has 0 unspecified atom stereocenters. The zero-order valence-electron chi connectivity index (χ0n) is 11.9. The molecular weight excluding hydrogens is 339 g/mol. The first-order chi connectivity index (χ1) is 11.0. The number of carbonyl (C=O) groups excluding carboxylic acids is 1. The number of halogens is 2. The SMILES string of the molecule is O=C(Cc1coc2cc(O)ccc12)OCc1ccc(Cl)c(Cl)c1. The van der Waals surface area contributed by atoms with E-state index in [-0.39, 0.29) is 24.7 Å². The number of rotatable bonds is 4. The number of esters is 1. The third-order valence-electron chi connectivity index (χ3n) is 3.36. The van der Waals surface area contributed by atoms with Crippen LogP contribution in [0.5, 0.6) is 5.75 Å². The van der Waals surface area contributed by atoms with Gasteiger partial charge < -0.3 is 14.3 Å². The third kappa shape index (κ3) is 3.60. The van der Waals surface area contributed by atoms with E-state index < -0.39 is 0 Å². The molecule has 6 heteroatoms. The summed E-state index contributed by atoms with van der Waals surface area (Å²) < 4.78 is 10.6. The summed E-state index contributed by atoms with van der Waals surface area (Å²) in [5.41, 5.74) is 1.99. The monoisotopic (exact) mass is 350 g/mol. The van der Waals surface area contributed by atoms with Gasteiger partial charge in [0.05, 0.1) is 22.7 Å². The number of aromatic hydroxyl groups is 1. The highest BCUT2D eigenvalue weighted by Crippen LogP contribution is 2.26. The second-order valence-electron chi connectivity index (χ2n) is 5.03.